The van der Waals surface area contributed by atoms with Gasteiger partial charge in [0.1, 0.15) is 12.2 Å². The normalized spacial score (nSPS) is 10.9. The van der Waals surface area contributed by atoms with Crippen LogP contribution in [0.2, 0.25) is 0 Å². The van der Waals surface area contributed by atoms with Gasteiger partial charge in [-0.15, -0.1) is 10.2 Å². The van der Waals surface area contributed by atoms with E-state index in [4.69, 9.17) is 0 Å². The van der Waals surface area contributed by atoms with E-state index < -0.39 is 0 Å². The molecule has 0 bridgehead atoms. The van der Waals surface area contributed by atoms with Crippen molar-refractivity contribution in [2.24, 2.45) is 7.05 Å². The molecule has 98 valence electrons. The van der Waals surface area contributed by atoms with Crippen molar-refractivity contribution in [3.05, 3.63) is 12.2 Å². The molecule has 0 saturated heterocycles. The minimum atomic E-state index is 0.965. The van der Waals surface area contributed by atoms with Gasteiger partial charge in [0.15, 0.2) is 0 Å². The molecule has 4 nitrogen and oxygen atoms in total. The minimum Gasteiger partial charge on any atom is -0.321 e. The molecule has 1 heterocycles. The summed E-state index contributed by atoms with van der Waals surface area (Å²) in [6.07, 6.45) is 10.9. The Bertz CT molecular complexity index is 283. The molecule has 0 atom stereocenters. The molecule has 0 aliphatic carbocycles. The first-order chi connectivity index (χ1) is 8.34. The molecule has 0 spiro atoms. The zero-order chi connectivity index (χ0) is 12.3. The maximum atomic E-state index is 4.06. The molecular weight excluding hydrogens is 212 g/mol. The average molecular weight is 238 g/mol. The van der Waals surface area contributed by atoms with Gasteiger partial charge < -0.3 is 9.88 Å². The lowest BCUT2D eigenvalue weighted by atomic mass is 10.1. The van der Waals surface area contributed by atoms with Crippen molar-refractivity contribution in [2.75, 3.05) is 13.1 Å². The molecule has 1 N–H and O–H groups in total. The number of aryl methyl sites for hydroxylation is 1. The second kappa shape index (κ2) is 9.16. The standard InChI is InChI=1S/C13H26N4/c1-3-4-5-6-7-8-10-14-11-9-13-16-15-12-17(13)2/h12,14H,3-11H2,1-2H3. The molecule has 0 fully saturated rings. The molecule has 0 unspecified atom stereocenters. The average Bonchev–Trinajstić information content (AvgIpc) is 2.73. The Morgan fingerprint density at radius 3 is 2.59 bits per heavy atom. The maximum Gasteiger partial charge on any atom is 0.133 e. The van der Waals surface area contributed by atoms with E-state index in [1.807, 2.05) is 11.6 Å². The van der Waals surface area contributed by atoms with Gasteiger partial charge in [-0.25, -0.2) is 0 Å². The Hall–Kier alpha value is -0.900. The van der Waals surface area contributed by atoms with Gasteiger partial charge >= 0.3 is 0 Å². The number of aromatic nitrogens is 3. The third kappa shape index (κ3) is 6.41. The number of unbranched alkanes of at least 4 members (excludes halogenated alkanes) is 5. The second-order valence-electron chi connectivity index (χ2n) is 4.63. The molecule has 1 aromatic rings. The van der Waals surface area contributed by atoms with E-state index in [0.29, 0.717) is 0 Å². The summed E-state index contributed by atoms with van der Waals surface area (Å²) in [4.78, 5) is 0. The highest BCUT2D eigenvalue weighted by atomic mass is 15.2. The summed E-state index contributed by atoms with van der Waals surface area (Å²) < 4.78 is 1.98. The molecule has 0 aliphatic heterocycles. The Kier molecular flexibility index (Phi) is 7.63. The fourth-order valence-corrected chi connectivity index (χ4v) is 1.89. The highest BCUT2D eigenvalue weighted by Gasteiger charge is 1.98. The number of nitrogens with one attached hydrogen (secondary N) is 1. The van der Waals surface area contributed by atoms with Gasteiger partial charge in [0.2, 0.25) is 0 Å². The van der Waals surface area contributed by atoms with Gasteiger partial charge in [0.25, 0.3) is 0 Å². The summed E-state index contributed by atoms with van der Waals surface area (Å²) in [6, 6.07) is 0. The number of hydrogen-bond donors (Lipinski definition) is 1. The van der Waals surface area contributed by atoms with Gasteiger partial charge in [0.05, 0.1) is 0 Å². The minimum absolute atomic E-state index is 0.965. The van der Waals surface area contributed by atoms with Crippen molar-refractivity contribution in [3.63, 3.8) is 0 Å². The van der Waals surface area contributed by atoms with Crippen LogP contribution in [0, 0.1) is 0 Å². The Labute approximate surface area is 105 Å². The lowest BCUT2D eigenvalue weighted by molar-refractivity contribution is 0.568. The fraction of sp³-hybridized carbons (Fsp3) is 0.846. The molecule has 17 heavy (non-hydrogen) atoms. The van der Waals surface area contributed by atoms with Gasteiger partial charge in [-0.1, -0.05) is 39.0 Å². The van der Waals surface area contributed by atoms with E-state index in [1.165, 1.54) is 38.5 Å². The van der Waals surface area contributed by atoms with E-state index >= 15 is 0 Å². The van der Waals surface area contributed by atoms with Gasteiger partial charge in [-0.05, 0) is 13.0 Å². The Morgan fingerprint density at radius 1 is 1.12 bits per heavy atom. The fourth-order valence-electron chi connectivity index (χ4n) is 1.89. The van der Waals surface area contributed by atoms with Crippen molar-refractivity contribution in [1.82, 2.24) is 20.1 Å². The topological polar surface area (TPSA) is 42.7 Å². The molecule has 0 saturated carbocycles. The van der Waals surface area contributed by atoms with Crippen LogP contribution in [0.25, 0.3) is 0 Å². The van der Waals surface area contributed by atoms with Crippen LogP contribution in [0.15, 0.2) is 6.33 Å². The predicted octanol–water partition coefficient (Wildman–Crippen LogP) is 2.31. The van der Waals surface area contributed by atoms with Crippen molar-refractivity contribution in [3.8, 4) is 0 Å². The first kappa shape index (κ1) is 14.2. The summed E-state index contributed by atoms with van der Waals surface area (Å²) >= 11 is 0. The van der Waals surface area contributed by atoms with E-state index in [0.717, 1.165) is 25.3 Å². The van der Waals surface area contributed by atoms with Crippen LogP contribution in [-0.2, 0) is 13.5 Å². The molecule has 1 aromatic heterocycles. The summed E-state index contributed by atoms with van der Waals surface area (Å²) in [5.74, 6) is 1.06. The second-order valence-corrected chi connectivity index (χ2v) is 4.63. The van der Waals surface area contributed by atoms with Gasteiger partial charge in [-0.3, -0.25) is 0 Å². The molecule has 1 rings (SSSR count). The number of rotatable bonds is 10. The van der Waals surface area contributed by atoms with Crippen LogP contribution in [-0.4, -0.2) is 27.9 Å². The van der Waals surface area contributed by atoms with Crippen LogP contribution < -0.4 is 5.32 Å². The SMILES string of the molecule is CCCCCCCCNCCc1nncn1C. The smallest absolute Gasteiger partial charge is 0.133 e. The zero-order valence-corrected chi connectivity index (χ0v) is 11.3. The zero-order valence-electron chi connectivity index (χ0n) is 11.3. The van der Waals surface area contributed by atoms with Crippen LogP contribution in [0.4, 0.5) is 0 Å². The Balaban J connectivity index is 1.86. The first-order valence-corrected chi connectivity index (χ1v) is 6.88. The van der Waals surface area contributed by atoms with Gasteiger partial charge in [-0.2, -0.15) is 0 Å². The lowest BCUT2D eigenvalue weighted by Crippen LogP contribution is -2.19. The van der Waals surface area contributed by atoms with E-state index in [9.17, 15) is 0 Å². The third-order valence-corrected chi connectivity index (χ3v) is 3.04. The van der Waals surface area contributed by atoms with Crippen LogP contribution in [0.3, 0.4) is 0 Å². The summed E-state index contributed by atoms with van der Waals surface area (Å²) in [6.45, 7) is 4.39. The van der Waals surface area contributed by atoms with E-state index in [1.54, 1.807) is 6.33 Å². The molecule has 4 heteroatoms. The molecule has 0 radical (unpaired) electrons. The third-order valence-electron chi connectivity index (χ3n) is 3.04. The predicted molar refractivity (Wildman–Crippen MR) is 71.0 cm³/mol. The monoisotopic (exact) mass is 238 g/mol. The number of nitrogens with zero attached hydrogens (tertiary/aromatic N) is 3. The first-order valence-electron chi connectivity index (χ1n) is 6.88. The Morgan fingerprint density at radius 2 is 1.88 bits per heavy atom. The summed E-state index contributed by atoms with van der Waals surface area (Å²) in [7, 11) is 1.99. The van der Waals surface area contributed by atoms with Crippen molar-refractivity contribution in [2.45, 2.75) is 51.9 Å². The van der Waals surface area contributed by atoms with Crippen LogP contribution >= 0.6 is 0 Å². The highest BCUT2D eigenvalue weighted by Crippen LogP contribution is 2.03. The van der Waals surface area contributed by atoms with Crippen molar-refractivity contribution < 1.29 is 0 Å². The van der Waals surface area contributed by atoms with E-state index in [2.05, 4.69) is 22.4 Å². The summed E-state index contributed by atoms with van der Waals surface area (Å²) in [5.41, 5.74) is 0. The summed E-state index contributed by atoms with van der Waals surface area (Å²) in [5, 5.41) is 11.4. The van der Waals surface area contributed by atoms with Crippen molar-refractivity contribution in [1.29, 1.82) is 0 Å². The molecule has 0 amide bonds. The van der Waals surface area contributed by atoms with Gasteiger partial charge in [0, 0.05) is 20.0 Å². The van der Waals surface area contributed by atoms with Crippen LogP contribution in [0.1, 0.15) is 51.3 Å². The van der Waals surface area contributed by atoms with E-state index in [-0.39, 0.29) is 0 Å². The lowest BCUT2D eigenvalue weighted by Gasteiger charge is -2.04. The highest BCUT2D eigenvalue weighted by molar-refractivity contribution is 4.84. The largest absolute Gasteiger partial charge is 0.321 e. The maximum absolute atomic E-state index is 4.06. The molecule has 0 aromatic carbocycles. The van der Waals surface area contributed by atoms with Crippen molar-refractivity contribution >= 4 is 0 Å². The van der Waals surface area contributed by atoms with Crippen LogP contribution in [0.5, 0.6) is 0 Å². The number of hydrogen-bond acceptors (Lipinski definition) is 3. The molecule has 0 aliphatic rings. The quantitative estimate of drug-likeness (QED) is 0.636. The molecular formula is C13H26N4.